The lowest BCUT2D eigenvalue weighted by molar-refractivity contribution is 0.0912. The van der Waals surface area contributed by atoms with E-state index in [1.54, 1.807) is 0 Å². The summed E-state index contributed by atoms with van der Waals surface area (Å²) in [4.78, 5) is 14.5. The first-order chi connectivity index (χ1) is 9.60. The zero-order valence-corrected chi connectivity index (χ0v) is 11.1. The van der Waals surface area contributed by atoms with E-state index in [2.05, 4.69) is 10.3 Å². The summed E-state index contributed by atoms with van der Waals surface area (Å²) in [7, 11) is 0. The minimum atomic E-state index is -0.759. The molecule has 1 atom stereocenters. The van der Waals surface area contributed by atoms with Gasteiger partial charge in [-0.05, 0) is 24.6 Å². The van der Waals surface area contributed by atoms with Crippen molar-refractivity contribution in [3.8, 4) is 6.07 Å². The van der Waals surface area contributed by atoms with Gasteiger partial charge in [0.15, 0.2) is 0 Å². The summed E-state index contributed by atoms with van der Waals surface area (Å²) in [6.45, 7) is 2.08. The van der Waals surface area contributed by atoms with Crippen molar-refractivity contribution >= 4 is 5.91 Å². The lowest BCUT2D eigenvalue weighted by atomic mass is 10.1. The maximum Gasteiger partial charge on any atom is 0.267 e. The minimum Gasteiger partial charge on any atom is -0.387 e. The molecule has 1 unspecified atom stereocenters. The number of aromatic amines is 1. The molecule has 1 heterocycles. The number of aromatic nitrogens is 1. The molecule has 0 fully saturated rings. The van der Waals surface area contributed by atoms with Crippen LogP contribution in [0, 0.1) is 18.3 Å². The molecule has 2 rings (SSSR count). The van der Waals surface area contributed by atoms with Crippen molar-refractivity contribution in [3.63, 3.8) is 0 Å². The maximum absolute atomic E-state index is 11.8. The molecule has 0 bridgehead atoms. The fourth-order valence-electron chi connectivity index (χ4n) is 1.78. The van der Waals surface area contributed by atoms with E-state index in [4.69, 9.17) is 5.26 Å². The fraction of sp³-hybridized carbons (Fsp3) is 0.200. The maximum atomic E-state index is 11.8. The zero-order valence-electron chi connectivity index (χ0n) is 11.1. The van der Waals surface area contributed by atoms with Crippen LogP contribution in [0.25, 0.3) is 0 Å². The molecule has 1 amide bonds. The van der Waals surface area contributed by atoms with Crippen LogP contribution in [0.15, 0.2) is 36.4 Å². The normalized spacial score (nSPS) is 11.7. The number of aryl methyl sites for hydroxylation is 1. The summed E-state index contributed by atoms with van der Waals surface area (Å²) in [5.41, 5.74) is 2.49. The Morgan fingerprint density at radius 1 is 1.35 bits per heavy atom. The van der Waals surface area contributed by atoms with Crippen LogP contribution in [0.2, 0.25) is 0 Å². The van der Waals surface area contributed by atoms with Crippen LogP contribution in [-0.2, 0) is 0 Å². The van der Waals surface area contributed by atoms with Crippen molar-refractivity contribution in [3.05, 3.63) is 58.9 Å². The summed E-state index contributed by atoms with van der Waals surface area (Å²) in [5, 5.41) is 21.3. The fourth-order valence-corrected chi connectivity index (χ4v) is 1.78. The van der Waals surface area contributed by atoms with Gasteiger partial charge in [-0.25, -0.2) is 0 Å². The van der Waals surface area contributed by atoms with E-state index in [0.717, 1.165) is 11.1 Å². The van der Waals surface area contributed by atoms with Gasteiger partial charge in [0.1, 0.15) is 17.5 Å². The van der Waals surface area contributed by atoms with Crippen molar-refractivity contribution in [1.82, 2.24) is 10.3 Å². The van der Waals surface area contributed by atoms with Gasteiger partial charge in [0.05, 0.1) is 6.10 Å². The molecule has 0 radical (unpaired) electrons. The standard InChI is InChI=1S/C15H15N3O2/c1-10-2-4-11(5-3-10)14(19)9-17-15(20)13-7-6-12(8-16)18-13/h2-7,14,18-19H,9H2,1H3,(H,17,20). The number of hydrogen-bond acceptors (Lipinski definition) is 3. The molecule has 0 spiro atoms. The third-order valence-corrected chi connectivity index (χ3v) is 2.97. The Morgan fingerprint density at radius 2 is 2.05 bits per heavy atom. The average Bonchev–Trinajstić information content (AvgIpc) is 2.94. The molecule has 0 aliphatic carbocycles. The van der Waals surface area contributed by atoms with Gasteiger partial charge in [-0.15, -0.1) is 0 Å². The highest BCUT2D eigenvalue weighted by molar-refractivity contribution is 5.92. The molecule has 2 aromatic rings. The van der Waals surface area contributed by atoms with Crippen molar-refractivity contribution in [2.75, 3.05) is 6.54 Å². The number of nitriles is 1. The third kappa shape index (κ3) is 3.25. The van der Waals surface area contributed by atoms with Crippen LogP contribution < -0.4 is 5.32 Å². The number of aliphatic hydroxyl groups is 1. The smallest absolute Gasteiger partial charge is 0.267 e. The molecule has 1 aromatic carbocycles. The van der Waals surface area contributed by atoms with E-state index in [1.165, 1.54) is 12.1 Å². The summed E-state index contributed by atoms with van der Waals surface area (Å²) in [6, 6.07) is 12.5. The Balaban J connectivity index is 1.93. The Bertz CT molecular complexity index is 638. The van der Waals surface area contributed by atoms with Crippen molar-refractivity contribution < 1.29 is 9.90 Å². The molecule has 102 valence electrons. The second-order valence-corrected chi connectivity index (χ2v) is 4.53. The average molecular weight is 269 g/mol. The van der Waals surface area contributed by atoms with E-state index in [9.17, 15) is 9.90 Å². The molecular weight excluding hydrogens is 254 g/mol. The van der Waals surface area contributed by atoms with Gasteiger partial charge in [-0.1, -0.05) is 29.8 Å². The van der Waals surface area contributed by atoms with E-state index < -0.39 is 6.10 Å². The van der Waals surface area contributed by atoms with Gasteiger partial charge in [0, 0.05) is 6.54 Å². The summed E-state index contributed by atoms with van der Waals surface area (Å²) in [5.74, 6) is -0.349. The van der Waals surface area contributed by atoms with Crippen LogP contribution in [0.5, 0.6) is 0 Å². The summed E-state index contributed by atoms with van der Waals surface area (Å²) in [6.07, 6.45) is -0.759. The molecule has 5 heteroatoms. The highest BCUT2D eigenvalue weighted by atomic mass is 16.3. The SMILES string of the molecule is Cc1ccc(C(O)CNC(=O)c2ccc(C#N)[nH]2)cc1. The molecule has 0 aliphatic heterocycles. The van der Waals surface area contributed by atoms with E-state index in [0.29, 0.717) is 11.4 Å². The summed E-state index contributed by atoms with van der Waals surface area (Å²) < 4.78 is 0. The number of aliphatic hydroxyl groups excluding tert-OH is 1. The van der Waals surface area contributed by atoms with Crippen LogP contribution in [-0.4, -0.2) is 22.5 Å². The van der Waals surface area contributed by atoms with Crippen molar-refractivity contribution in [2.45, 2.75) is 13.0 Å². The number of amides is 1. The Hall–Kier alpha value is -2.58. The number of carbonyl (C=O) groups is 1. The number of carbonyl (C=O) groups excluding carboxylic acids is 1. The summed E-state index contributed by atoms with van der Waals surface area (Å²) >= 11 is 0. The lowest BCUT2D eigenvalue weighted by Gasteiger charge is -2.12. The van der Waals surface area contributed by atoms with E-state index in [-0.39, 0.29) is 12.5 Å². The highest BCUT2D eigenvalue weighted by Gasteiger charge is 2.12. The predicted molar refractivity (Wildman–Crippen MR) is 74.0 cm³/mol. The van der Waals surface area contributed by atoms with Crippen molar-refractivity contribution in [2.24, 2.45) is 0 Å². The van der Waals surface area contributed by atoms with Crippen molar-refractivity contribution in [1.29, 1.82) is 5.26 Å². The van der Waals surface area contributed by atoms with Gasteiger partial charge in [0.2, 0.25) is 0 Å². The van der Waals surface area contributed by atoms with Gasteiger partial charge in [0.25, 0.3) is 5.91 Å². The van der Waals surface area contributed by atoms with Gasteiger partial charge < -0.3 is 15.4 Å². The van der Waals surface area contributed by atoms with Gasteiger partial charge >= 0.3 is 0 Å². The first kappa shape index (κ1) is 13.8. The zero-order chi connectivity index (χ0) is 14.5. The van der Waals surface area contributed by atoms with Gasteiger partial charge in [-0.3, -0.25) is 4.79 Å². The van der Waals surface area contributed by atoms with Gasteiger partial charge in [-0.2, -0.15) is 5.26 Å². The Labute approximate surface area is 116 Å². The molecule has 0 saturated heterocycles. The molecular formula is C15H15N3O2. The van der Waals surface area contributed by atoms with Crippen LogP contribution >= 0.6 is 0 Å². The Kier molecular flexibility index (Phi) is 4.18. The lowest BCUT2D eigenvalue weighted by Crippen LogP contribution is -2.28. The minimum absolute atomic E-state index is 0.114. The monoisotopic (exact) mass is 269 g/mol. The molecule has 3 N–H and O–H groups in total. The first-order valence-electron chi connectivity index (χ1n) is 6.22. The first-order valence-corrected chi connectivity index (χ1v) is 6.22. The number of benzene rings is 1. The number of H-pyrrole nitrogens is 1. The molecule has 5 nitrogen and oxygen atoms in total. The largest absolute Gasteiger partial charge is 0.387 e. The second kappa shape index (κ2) is 6.04. The molecule has 20 heavy (non-hydrogen) atoms. The van der Waals surface area contributed by atoms with E-state index >= 15 is 0 Å². The topological polar surface area (TPSA) is 88.9 Å². The quantitative estimate of drug-likeness (QED) is 0.788. The second-order valence-electron chi connectivity index (χ2n) is 4.53. The van der Waals surface area contributed by atoms with Crippen LogP contribution in [0.3, 0.4) is 0 Å². The molecule has 0 aliphatic rings. The molecule has 1 aromatic heterocycles. The number of rotatable bonds is 4. The predicted octanol–water partition coefficient (Wildman–Crippen LogP) is 1.66. The number of nitrogens with zero attached hydrogens (tertiary/aromatic N) is 1. The number of nitrogens with one attached hydrogen (secondary N) is 2. The Morgan fingerprint density at radius 3 is 2.65 bits per heavy atom. The highest BCUT2D eigenvalue weighted by Crippen LogP contribution is 2.12. The van der Waals surface area contributed by atoms with Crippen LogP contribution in [0.1, 0.15) is 33.4 Å². The molecule has 0 saturated carbocycles. The van der Waals surface area contributed by atoms with E-state index in [1.807, 2.05) is 37.3 Å². The number of hydrogen-bond donors (Lipinski definition) is 3. The van der Waals surface area contributed by atoms with Crippen LogP contribution in [0.4, 0.5) is 0 Å². The third-order valence-electron chi connectivity index (χ3n) is 2.97.